The summed E-state index contributed by atoms with van der Waals surface area (Å²) in [6.07, 6.45) is 5.49. The van der Waals surface area contributed by atoms with Crippen molar-refractivity contribution in [3.05, 3.63) is 0 Å². The van der Waals surface area contributed by atoms with Crippen LogP contribution in [0.15, 0.2) is 0 Å². The minimum absolute atomic E-state index is 0.00694. The molecule has 0 spiro atoms. The molecule has 0 amide bonds. The van der Waals surface area contributed by atoms with Gasteiger partial charge < -0.3 is 9.84 Å². The topological polar surface area (TPSA) is 92.7 Å². The number of ether oxygens (including phenoxy) is 1. The second kappa shape index (κ2) is 7.56. The van der Waals surface area contributed by atoms with E-state index in [2.05, 4.69) is 4.72 Å². The van der Waals surface area contributed by atoms with Gasteiger partial charge in [0.2, 0.25) is 10.0 Å². The molecule has 2 N–H and O–H groups in total. The molecule has 0 radical (unpaired) electrons. The number of carboxylic acid groups (broad SMARTS) is 1. The highest BCUT2D eigenvalue weighted by Crippen LogP contribution is 2.29. The number of rotatable bonds is 8. The van der Waals surface area contributed by atoms with Crippen LogP contribution in [0, 0.1) is 17.8 Å². The third kappa shape index (κ3) is 5.23. The van der Waals surface area contributed by atoms with Crippen LogP contribution in [0.1, 0.15) is 38.5 Å². The maximum Gasteiger partial charge on any atom is 0.308 e. The van der Waals surface area contributed by atoms with Gasteiger partial charge in [0.15, 0.2) is 0 Å². The van der Waals surface area contributed by atoms with Crippen molar-refractivity contribution in [2.24, 2.45) is 17.8 Å². The molecular formula is C14H25NO5S. The van der Waals surface area contributed by atoms with Gasteiger partial charge in [0.25, 0.3) is 0 Å². The molecule has 6 nitrogen and oxygen atoms in total. The van der Waals surface area contributed by atoms with E-state index in [4.69, 9.17) is 4.74 Å². The lowest BCUT2D eigenvalue weighted by molar-refractivity contribution is -0.144. The van der Waals surface area contributed by atoms with Gasteiger partial charge in [0, 0.05) is 19.8 Å². The van der Waals surface area contributed by atoms with Crippen LogP contribution in [0.3, 0.4) is 0 Å². The predicted molar refractivity (Wildman–Crippen MR) is 78.4 cm³/mol. The summed E-state index contributed by atoms with van der Waals surface area (Å²) in [6, 6.07) is 0. The van der Waals surface area contributed by atoms with Crippen LogP contribution in [0.25, 0.3) is 0 Å². The zero-order valence-corrected chi connectivity index (χ0v) is 13.1. The number of hydrogen-bond donors (Lipinski definition) is 2. The van der Waals surface area contributed by atoms with E-state index in [0.717, 1.165) is 12.8 Å². The minimum atomic E-state index is -3.36. The summed E-state index contributed by atoms with van der Waals surface area (Å²) in [6.45, 7) is 1.11. The molecule has 1 aliphatic carbocycles. The van der Waals surface area contributed by atoms with Gasteiger partial charge in [0.1, 0.15) is 0 Å². The maximum atomic E-state index is 12.0. The van der Waals surface area contributed by atoms with Crippen LogP contribution in [-0.2, 0) is 19.6 Å². The average Bonchev–Trinajstić information content (AvgIpc) is 2.37. The number of hydrogen-bond acceptors (Lipinski definition) is 4. The first-order valence-corrected chi connectivity index (χ1v) is 9.41. The largest absolute Gasteiger partial charge is 0.481 e. The normalized spacial score (nSPS) is 22.7. The van der Waals surface area contributed by atoms with Gasteiger partial charge in [-0.05, 0) is 31.1 Å². The van der Waals surface area contributed by atoms with Gasteiger partial charge >= 0.3 is 5.97 Å². The monoisotopic (exact) mass is 319 g/mol. The fourth-order valence-electron chi connectivity index (χ4n) is 2.97. The lowest BCUT2D eigenvalue weighted by atomic mass is 9.84. The fourth-order valence-corrected chi connectivity index (χ4v) is 4.19. The van der Waals surface area contributed by atoms with Crippen LogP contribution in [-0.4, -0.2) is 45.0 Å². The van der Waals surface area contributed by atoms with Crippen molar-refractivity contribution in [3.8, 4) is 0 Å². The van der Waals surface area contributed by atoms with Crippen molar-refractivity contribution in [1.29, 1.82) is 0 Å². The van der Waals surface area contributed by atoms with E-state index in [1.807, 2.05) is 0 Å². The molecule has 1 aliphatic heterocycles. The Bertz CT molecular complexity index is 440. The van der Waals surface area contributed by atoms with Gasteiger partial charge in [-0.2, -0.15) is 0 Å². The Labute approximate surface area is 126 Å². The molecule has 21 heavy (non-hydrogen) atoms. The Kier molecular flexibility index (Phi) is 6.01. The standard InChI is InChI=1S/C14H25NO5S/c16-14(17)13(12-4-7-20-8-5-12)10-15-21(18,19)9-6-11-2-1-3-11/h11-13,15H,1-10H2,(H,16,17). The molecule has 0 aromatic heterocycles. The molecule has 2 aliphatic rings. The van der Waals surface area contributed by atoms with Crippen LogP contribution in [0.2, 0.25) is 0 Å². The molecule has 1 saturated carbocycles. The van der Waals surface area contributed by atoms with Gasteiger partial charge in [-0.15, -0.1) is 0 Å². The molecule has 0 aromatic rings. The van der Waals surface area contributed by atoms with Crippen molar-refractivity contribution in [3.63, 3.8) is 0 Å². The molecule has 1 atom stereocenters. The molecule has 0 bridgehead atoms. The third-order valence-corrected chi connectivity index (χ3v) is 6.07. The van der Waals surface area contributed by atoms with E-state index in [1.54, 1.807) is 0 Å². The third-order valence-electron chi connectivity index (χ3n) is 4.69. The summed E-state index contributed by atoms with van der Waals surface area (Å²) in [5, 5.41) is 9.31. The van der Waals surface area contributed by atoms with Crippen molar-refractivity contribution in [2.75, 3.05) is 25.5 Å². The van der Waals surface area contributed by atoms with E-state index >= 15 is 0 Å². The molecule has 122 valence electrons. The minimum Gasteiger partial charge on any atom is -0.481 e. The summed E-state index contributed by atoms with van der Waals surface area (Å²) in [5.74, 6) is -0.952. The number of nitrogens with one attached hydrogen (secondary N) is 1. The van der Waals surface area contributed by atoms with Crippen molar-refractivity contribution in [2.45, 2.75) is 38.5 Å². The first-order chi connectivity index (χ1) is 9.98. The Morgan fingerprint density at radius 3 is 2.43 bits per heavy atom. The zero-order chi connectivity index (χ0) is 15.3. The lowest BCUT2D eigenvalue weighted by Gasteiger charge is -2.28. The van der Waals surface area contributed by atoms with Crippen molar-refractivity contribution < 1.29 is 23.1 Å². The average molecular weight is 319 g/mol. The summed E-state index contributed by atoms with van der Waals surface area (Å²) in [7, 11) is -3.36. The molecule has 2 fully saturated rings. The smallest absolute Gasteiger partial charge is 0.308 e. The Morgan fingerprint density at radius 1 is 1.24 bits per heavy atom. The van der Waals surface area contributed by atoms with E-state index in [0.29, 0.717) is 38.4 Å². The molecule has 2 rings (SSSR count). The summed E-state index contributed by atoms with van der Waals surface area (Å²) in [4.78, 5) is 11.4. The quantitative estimate of drug-likeness (QED) is 0.702. The van der Waals surface area contributed by atoms with Crippen LogP contribution in [0.5, 0.6) is 0 Å². The van der Waals surface area contributed by atoms with Crippen molar-refractivity contribution in [1.82, 2.24) is 4.72 Å². The second-order valence-electron chi connectivity index (χ2n) is 6.15. The van der Waals surface area contributed by atoms with Gasteiger partial charge in [-0.1, -0.05) is 19.3 Å². The van der Waals surface area contributed by atoms with E-state index in [-0.39, 0.29) is 18.2 Å². The zero-order valence-electron chi connectivity index (χ0n) is 12.3. The highest BCUT2D eigenvalue weighted by Gasteiger charge is 2.31. The molecule has 7 heteroatoms. The molecule has 0 aromatic carbocycles. The fraction of sp³-hybridized carbons (Fsp3) is 0.929. The van der Waals surface area contributed by atoms with Gasteiger partial charge in [0.05, 0.1) is 11.7 Å². The maximum absolute atomic E-state index is 12.0. The van der Waals surface area contributed by atoms with Crippen LogP contribution >= 0.6 is 0 Å². The van der Waals surface area contributed by atoms with E-state index in [1.165, 1.54) is 6.42 Å². The molecule has 1 unspecified atom stereocenters. The highest BCUT2D eigenvalue weighted by molar-refractivity contribution is 7.89. The van der Waals surface area contributed by atoms with Gasteiger partial charge in [-0.3, -0.25) is 4.79 Å². The number of aliphatic carboxylic acids is 1. The highest BCUT2D eigenvalue weighted by atomic mass is 32.2. The van der Waals surface area contributed by atoms with E-state index < -0.39 is 21.9 Å². The van der Waals surface area contributed by atoms with Crippen LogP contribution in [0.4, 0.5) is 0 Å². The van der Waals surface area contributed by atoms with Crippen LogP contribution < -0.4 is 4.72 Å². The Morgan fingerprint density at radius 2 is 1.90 bits per heavy atom. The summed E-state index contributed by atoms with van der Waals surface area (Å²) < 4.78 is 31.6. The SMILES string of the molecule is O=C(O)C(CNS(=O)(=O)CCC1CCC1)C1CCOCC1. The van der Waals surface area contributed by atoms with Gasteiger partial charge in [-0.25, -0.2) is 13.1 Å². The summed E-state index contributed by atoms with van der Waals surface area (Å²) in [5.41, 5.74) is 0. The summed E-state index contributed by atoms with van der Waals surface area (Å²) >= 11 is 0. The Hall–Kier alpha value is -0.660. The lowest BCUT2D eigenvalue weighted by Crippen LogP contribution is -2.40. The molecule has 1 saturated heterocycles. The molecular weight excluding hydrogens is 294 g/mol. The molecule has 1 heterocycles. The number of carboxylic acids is 1. The first-order valence-electron chi connectivity index (χ1n) is 7.76. The number of sulfonamides is 1. The second-order valence-corrected chi connectivity index (χ2v) is 8.07. The van der Waals surface area contributed by atoms with E-state index in [9.17, 15) is 18.3 Å². The predicted octanol–water partition coefficient (Wildman–Crippen LogP) is 1.22. The van der Waals surface area contributed by atoms with Crippen molar-refractivity contribution >= 4 is 16.0 Å². The Balaban J connectivity index is 1.80. The first kappa shape index (κ1) is 16.7. The number of carbonyl (C=O) groups is 1.